The molecule has 0 bridgehead atoms. The van der Waals surface area contributed by atoms with Crippen LogP contribution in [0.25, 0.3) is 0 Å². The molecule has 0 spiro atoms. The van der Waals surface area contributed by atoms with Gasteiger partial charge in [0.05, 0.1) is 6.04 Å². The smallest absolute Gasteiger partial charge is 0.223 e. The average Bonchev–Trinajstić information content (AvgIpc) is 2.63. The topological polar surface area (TPSA) is 55.1 Å². The maximum atomic E-state index is 12.8. The van der Waals surface area contributed by atoms with Gasteiger partial charge in [0.2, 0.25) is 5.91 Å². The fraction of sp³-hybridized carbons (Fsp3) is 0.381. The highest BCUT2D eigenvalue weighted by Gasteiger charge is 2.27. The molecule has 4 heteroatoms. The summed E-state index contributed by atoms with van der Waals surface area (Å²) in [6, 6.07) is 20.7. The van der Waals surface area contributed by atoms with Crippen LogP contribution in [0.15, 0.2) is 60.7 Å². The molecule has 2 aromatic rings. The summed E-state index contributed by atoms with van der Waals surface area (Å²) in [6.07, 6.45) is 4.64. The van der Waals surface area contributed by atoms with Gasteiger partial charge in [-0.3, -0.25) is 4.79 Å². The third-order valence-corrected chi connectivity index (χ3v) is 4.89. The first-order valence-electron chi connectivity index (χ1n) is 8.87. The molecule has 134 valence electrons. The fourth-order valence-electron chi connectivity index (χ4n) is 3.54. The van der Waals surface area contributed by atoms with Crippen molar-refractivity contribution in [1.82, 2.24) is 5.32 Å². The van der Waals surface area contributed by atoms with Crippen molar-refractivity contribution in [3.8, 4) is 0 Å². The second kappa shape index (κ2) is 9.59. The molecular weight excluding hydrogens is 332 g/mol. The van der Waals surface area contributed by atoms with Crippen LogP contribution in [0.4, 0.5) is 0 Å². The van der Waals surface area contributed by atoms with Crippen LogP contribution in [0.3, 0.4) is 0 Å². The third-order valence-electron chi connectivity index (χ3n) is 4.89. The molecule has 0 saturated heterocycles. The van der Waals surface area contributed by atoms with E-state index in [1.165, 1.54) is 5.56 Å². The highest BCUT2D eigenvalue weighted by molar-refractivity contribution is 5.85. The van der Waals surface area contributed by atoms with Gasteiger partial charge < -0.3 is 11.1 Å². The first kappa shape index (κ1) is 19.5. The van der Waals surface area contributed by atoms with E-state index in [4.69, 9.17) is 5.73 Å². The Morgan fingerprint density at radius 3 is 2.32 bits per heavy atom. The summed E-state index contributed by atoms with van der Waals surface area (Å²) in [5.74, 6) is 0.200. The van der Waals surface area contributed by atoms with Gasteiger partial charge in [0, 0.05) is 12.0 Å². The van der Waals surface area contributed by atoms with Crippen molar-refractivity contribution in [1.29, 1.82) is 0 Å². The van der Waals surface area contributed by atoms with Gasteiger partial charge in [-0.2, -0.15) is 0 Å². The molecule has 0 heterocycles. The summed E-state index contributed by atoms with van der Waals surface area (Å²) >= 11 is 0. The molecule has 25 heavy (non-hydrogen) atoms. The fourth-order valence-corrected chi connectivity index (χ4v) is 3.54. The number of benzene rings is 2. The Bertz CT molecular complexity index is 647. The summed E-state index contributed by atoms with van der Waals surface area (Å²) in [4.78, 5) is 12.8. The van der Waals surface area contributed by atoms with Crippen molar-refractivity contribution in [2.45, 2.75) is 44.2 Å². The Kier molecular flexibility index (Phi) is 7.48. The minimum Gasteiger partial charge on any atom is -0.349 e. The zero-order chi connectivity index (χ0) is 16.8. The molecule has 1 saturated carbocycles. The van der Waals surface area contributed by atoms with Gasteiger partial charge in [0.1, 0.15) is 0 Å². The Morgan fingerprint density at radius 1 is 1.04 bits per heavy atom. The molecule has 1 fully saturated rings. The summed E-state index contributed by atoms with van der Waals surface area (Å²) < 4.78 is 0. The first-order chi connectivity index (χ1) is 11.7. The molecule has 3 unspecified atom stereocenters. The lowest BCUT2D eigenvalue weighted by atomic mass is 9.85. The van der Waals surface area contributed by atoms with E-state index in [-0.39, 0.29) is 36.3 Å². The third kappa shape index (κ3) is 5.58. The van der Waals surface area contributed by atoms with Crippen LogP contribution in [0.2, 0.25) is 0 Å². The monoisotopic (exact) mass is 358 g/mol. The lowest BCUT2D eigenvalue weighted by Crippen LogP contribution is -2.39. The largest absolute Gasteiger partial charge is 0.349 e. The van der Waals surface area contributed by atoms with Gasteiger partial charge in [0.25, 0.3) is 0 Å². The molecule has 3 atom stereocenters. The first-order valence-corrected chi connectivity index (χ1v) is 8.87. The van der Waals surface area contributed by atoms with E-state index in [2.05, 4.69) is 29.6 Å². The molecule has 0 aromatic heterocycles. The Labute approximate surface area is 156 Å². The molecule has 1 amide bonds. The summed E-state index contributed by atoms with van der Waals surface area (Å²) in [7, 11) is 0. The highest BCUT2D eigenvalue weighted by Crippen LogP contribution is 2.25. The summed E-state index contributed by atoms with van der Waals surface area (Å²) in [5.41, 5.74) is 8.43. The van der Waals surface area contributed by atoms with E-state index in [9.17, 15) is 4.79 Å². The highest BCUT2D eigenvalue weighted by atomic mass is 35.5. The van der Waals surface area contributed by atoms with E-state index < -0.39 is 0 Å². The van der Waals surface area contributed by atoms with Gasteiger partial charge in [0.15, 0.2) is 0 Å². The number of carbonyl (C=O) groups is 1. The van der Waals surface area contributed by atoms with Crippen LogP contribution in [-0.2, 0) is 11.2 Å². The van der Waals surface area contributed by atoms with Gasteiger partial charge in [-0.25, -0.2) is 0 Å². The minimum absolute atomic E-state index is 0. The molecule has 0 aliphatic heterocycles. The van der Waals surface area contributed by atoms with Crippen LogP contribution < -0.4 is 11.1 Å². The van der Waals surface area contributed by atoms with Crippen molar-refractivity contribution in [2.24, 2.45) is 11.7 Å². The van der Waals surface area contributed by atoms with Crippen LogP contribution in [-0.4, -0.2) is 11.9 Å². The van der Waals surface area contributed by atoms with E-state index in [0.29, 0.717) is 0 Å². The number of nitrogens with two attached hydrogens (primary N) is 1. The lowest BCUT2D eigenvalue weighted by Gasteiger charge is -2.28. The zero-order valence-electron chi connectivity index (χ0n) is 14.4. The molecule has 3 nitrogen and oxygen atoms in total. The number of carbonyl (C=O) groups excluding carboxylic acids is 1. The number of hydrogen-bond acceptors (Lipinski definition) is 2. The molecule has 0 radical (unpaired) electrons. The molecule has 3 N–H and O–H groups in total. The quantitative estimate of drug-likeness (QED) is 0.847. The van der Waals surface area contributed by atoms with Crippen molar-refractivity contribution in [2.75, 3.05) is 0 Å². The molecule has 3 rings (SSSR count). The zero-order valence-corrected chi connectivity index (χ0v) is 15.3. The molecule has 1 aliphatic rings. The average molecular weight is 359 g/mol. The van der Waals surface area contributed by atoms with Gasteiger partial charge >= 0.3 is 0 Å². The van der Waals surface area contributed by atoms with Crippen LogP contribution in [0, 0.1) is 5.92 Å². The Hall–Kier alpha value is -1.84. The molecular formula is C21H27ClN2O. The predicted molar refractivity (Wildman–Crippen MR) is 105 cm³/mol. The van der Waals surface area contributed by atoms with E-state index in [1.54, 1.807) is 0 Å². The van der Waals surface area contributed by atoms with Crippen molar-refractivity contribution < 1.29 is 4.79 Å². The van der Waals surface area contributed by atoms with Gasteiger partial charge in [-0.1, -0.05) is 67.1 Å². The van der Waals surface area contributed by atoms with Crippen molar-refractivity contribution in [3.05, 3.63) is 71.8 Å². The maximum absolute atomic E-state index is 12.8. The second-order valence-corrected chi connectivity index (χ2v) is 6.79. The number of amides is 1. The maximum Gasteiger partial charge on any atom is 0.223 e. The standard InChI is InChI=1S/C21H26N2O.ClH/c22-19-13-7-12-18(15-19)21(24)23-20(17-10-5-2-6-11-17)14-16-8-3-1-4-9-16;/h1-6,8-11,18-20H,7,12-15,22H2,(H,23,24);1H. The van der Waals surface area contributed by atoms with Gasteiger partial charge in [-0.15, -0.1) is 12.4 Å². The van der Waals surface area contributed by atoms with Crippen molar-refractivity contribution in [3.63, 3.8) is 0 Å². The van der Waals surface area contributed by atoms with E-state index >= 15 is 0 Å². The van der Waals surface area contributed by atoms with Crippen LogP contribution in [0.1, 0.15) is 42.9 Å². The van der Waals surface area contributed by atoms with E-state index in [0.717, 1.165) is 37.7 Å². The van der Waals surface area contributed by atoms with E-state index in [1.807, 2.05) is 36.4 Å². The molecule has 2 aromatic carbocycles. The predicted octanol–water partition coefficient (Wildman–Crippen LogP) is 4.03. The number of halogens is 1. The normalized spacial score (nSPS) is 21.0. The minimum atomic E-state index is -0.000693. The summed E-state index contributed by atoms with van der Waals surface area (Å²) in [5, 5.41) is 3.28. The van der Waals surface area contributed by atoms with Crippen LogP contribution in [0.5, 0.6) is 0 Å². The number of hydrogen-bond donors (Lipinski definition) is 2. The Balaban J connectivity index is 0.00000225. The van der Waals surface area contributed by atoms with Crippen LogP contribution >= 0.6 is 12.4 Å². The lowest BCUT2D eigenvalue weighted by molar-refractivity contribution is -0.126. The second-order valence-electron chi connectivity index (χ2n) is 6.79. The molecule has 1 aliphatic carbocycles. The number of rotatable bonds is 5. The van der Waals surface area contributed by atoms with Crippen molar-refractivity contribution >= 4 is 18.3 Å². The summed E-state index contributed by atoms with van der Waals surface area (Å²) in [6.45, 7) is 0. The number of nitrogens with one attached hydrogen (secondary N) is 1. The van der Waals surface area contributed by atoms with Gasteiger partial charge in [-0.05, 0) is 36.8 Å². The SMILES string of the molecule is Cl.NC1CCCC(C(=O)NC(Cc2ccccc2)c2ccccc2)C1. The Morgan fingerprint density at radius 2 is 1.68 bits per heavy atom.